The lowest BCUT2D eigenvalue weighted by atomic mass is 10.1. The number of nitrogens with two attached hydrogens (primary N) is 1. The molecule has 2 aromatic carbocycles. The van der Waals surface area contributed by atoms with Crippen molar-refractivity contribution in [3.63, 3.8) is 0 Å². The van der Waals surface area contributed by atoms with E-state index in [1.165, 1.54) is 12.1 Å². The van der Waals surface area contributed by atoms with E-state index < -0.39 is 28.1 Å². The largest absolute Gasteiger partial charge is 0.480 e. The molecule has 2 amide bonds. The molecule has 0 saturated carbocycles. The number of nitrogens with one attached hydrogen (secondary N) is 2. The second kappa shape index (κ2) is 10.2. The third kappa shape index (κ3) is 7.04. The first-order valence-electron chi connectivity index (χ1n) is 8.83. The van der Waals surface area contributed by atoms with Crippen LogP contribution in [0, 0.1) is 0 Å². The van der Waals surface area contributed by atoms with E-state index in [0.29, 0.717) is 24.4 Å². The van der Waals surface area contributed by atoms with Crippen LogP contribution in [0.2, 0.25) is 5.02 Å². The van der Waals surface area contributed by atoms with Gasteiger partial charge in [-0.15, -0.1) is 0 Å². The summed E-state index contributed by atoms with van der Waals surface area (Å²) in [7, 11) is -4.01. The molecule has 0 fully saturated rings. The number of amides is 2. The fourth-order valence-electron chi connectivity index (χ4n) is 2.64. The summed E-state index contributed by atoms with van der Waals surface area (Å²) in [5.74, 6) is -1.27. The second-order valence-corrected chi connectivity index (χ2v) is 8.48. The number of benzene rings is 2. The molecule has 0 saturated heterocycles. The molecule has 0 heterocycles. The van der Waals surface area contributed by atoms with E-state index in [2.05, 4.69) is 10.0 Å². The molecule has 0 aliphatic carbocycles. The quantitative estimate of drug-likeness (QED) is 0.421. The summed E-state index contributed by atoms with van der Waals surface area (Å²) in [5.41, 5.74) is 6.62. The van der Waals surface area contributed by atoms with Crippen molar-refractivity contribution in [3.05, 3.63) is 53.6 Å². The average Bonchev–Trinajstić information content (AvgIpc) is 2.67. The number of unbranched alkanes of at least 4 members (excludes halogenated alkanes) is 1. The van der Waals surface area contributed by atoms with Crippen molar-refractivity contribution in [2.45, 2.75) is 30.2 Å². The molecule has 0 bridgehead atoms. The van der Waals surface area contributed by atoms with Crippen LogP contribution in [-0.2, 0) is 14.8 Å². The molecule has 1 atom stereocenters. The Labute approximate surface area is 174 Å². The zero-order valence-corrected chi connectivity index (χ0v) is 17.0. The molecule has 0 unspecified atom stereocenters. The van der Waals surface area contributed by atoms with Gasteiger partial charge in [0.15, 0.2) is 0 Å². The Kier molecular flexibility index (Phi) is 8.00. The van der Waals surface area contributed by atoms with E-state index >= 15 is 0 Å². The Morgan fingerprint density at radius 1 is 1.00 bits per heavy atom. The van der Waals surface area contributed by atoms with Crippen LogP contribution in [0.3, 0.4) is 0 Å². The minimum Gasteiger partial charge on any atom is -0.480 e. The Morgan fingerprint density at radius 2 is 1.55 bits per heavy atom. The highest BCUT2D eigenvalue weighted by Crippen LogP contribution is 2.23. The highest BCUT2D eigenvalue weighted by molar-refractivity contribution is 7.89. The number of carboxylic acids is 1. The fraction of sp³-hybridized carbons (Fsp3) is 0.263. The number of sulfonamides is 1. The van der Waals surface area contributed by atoms with Gasteiger partial charge < -0.3 is 16.2 Å². The predicted octanol–water partition coefficient (Wildman–Crippen LogP) is 2.58. The summed E-state index contributed by atoms with van der Waals surface area (Å²) in [6, 6.07) is 11.3. The zero-order valence-electron chi connectivity index (χ0n) is 15.5. The normalized spacial score (nSPS) is 12.3. The van der Waals surface area contributed by atoms with Crippen molar-refractivity contribution in [1.29, 1.82) is 0 Å². The summed E-state index contributed by atoms with van der Waals surface area (Å²) < 4.78 is 27.3. The van der Waals surface area contributed by atoms with Crippen LogP contribution in [0.5, 0.6) is 0 Å². The molecular weight excluding hydrogens is 418 g/mol. The number of aliphatic carboxylic acids is 1. The first-order valence-corrected chi connectivity index (χ1v) is 10.7. The molecule has 0 aromatic heterocycles. The van der Waals surface area contributed by atoms with Crippen LogP contribution >= 0.6 is 11.6 Å². The lowest BCUT2D eigenvalue weighted by molar-refractivity contribution is -0.139. The molecular formula is C19H22ClN3O5S. The van der Waals surface area contributed by atoms with Crippen LogP contribution in [-0.4, -0.2) is 38.1 Å². The van der Waals surface area contributed by atoms with Crippen LogP contribution in [0.1, 0.15) is 19.3 Å². The summed E-state index contributed by atoms with van der Waals surface area (Å²) in [4.78, 5) is 22.0. The minimum atomic E-state index is -4.01. The van der Waals surface area contributed by atoms with Crippen molar-refractivity contribution in [2.24, 2.45) is 5.73 Å². The molecule has 2 aromatic rings. The van der Waals surface area contributed by atoms with E-state index in [1.54, 1.807) is 24.3 Å². The molecule has 156 valence electrons. The summed E-state index contributed by atoms with van der Waals surface area (Å²) >= 11 is 5.87. The zero-order chi connectivity index (χ0) is 21.4. The Morgan fingerprint density at radius 3 is 2.07 bits per heavy atom. The number of hydrogen-bond donors (Lipinski definition) is 4. The van der Waals surface area contributed by atoms with Crippen LogP contribution in [0.4, 0.5) is 4.79 Å². The number of halogens is 1. The van der Waals surface area contributed by atoms with Crippen LogP contribution < -0.4 is 15.8 Å². The number of rotatable bonds is 10. The highest BCUT2D eigenvalue weighted by Gasteiger charge is 2.25. The first kappa shape index (κ1) is 22.7. The van der Waals surface area contributed by atoms with Gasteiger partial charge in [0.25, 0.3) is 0 Å². The number of carboxylic acid groups (broad SMARTS) is 1. The molecule has 5 N–H and O–H groups in total. The lowest BCUT2D eigenvalue weighted by Gasteiger charge is -2.15. The topological polar surface area (TPSA) is 139 Å². The van der Waals surface area contributed by atoms with Gasteiger partial charge in [0.1, 0.15) is 6.04 Å². The first-order chi connectivity index (χ1) is 13.7. The summed E-state index contributed by atoms with van der Waals surface area (Å²) in [5, 5.41) is 12.3. The Hall–Kier alpha value is -2.62. The summed E-state index contributed by atoms with van der Waals surface area (Å²) in [6.45, 7) is 0.292. The molecule has 0 aliphatic rings. The van der Waals surface area contributed by atoms with Gasteiger partial charge in [-0.2, -0.15) is 4.72 Å². The highest BCUT2D eigenvalue weighted by atomic mass is 35.5. The van der Waals surface area contributed by atoms with Gasteiger partial charge in [0.05, 0.1) is 4.90 Å². The van der Waals surface area contributed by atoms with Gasteiger partial charge in [-0.25, -0.2) is 13.2 Å². The summed E-state index contributed by atoms with van der Waals surface area (Å²) in [6.07, 6.45) is 0.956. The molecule has 10 heteroatoms. The Bertz CT molecular complexity index is 947. The maximum Gasteiger partial charge on any atom is 0.321 e. The van der Waals surface area contributed by atoms with Gasteiger partial charge in [-0.05, 0) is 54.7 Å². The van der Waals surface area contributed by atoms with Crippen molar-refractivity contribution in [3.8, 4) is 11.1 Å². The average molecular weight is 440 g/mol. The molecule has 2 rings (SSSR count). The van der Waals surface area contributed by atoms with Crippen LogP contribution in [0.25, 0.3) is 11.1 Å². The van der Waals surface area contributed by atoms with Crippen molar-refractivity contribution in [1.82, 2.24) is 10.0 Å². The second-order valence-electron chi connectivity index (χ2n) is 6.33. The van der Waals surface area contributed by atoms with E-state index in [0.717, 1.165) is 11.1 Å². The van der Waals surface area contributed by atoms with E-state index in [9.17, 15) is 23.1 Å². The van der Waals surface area contributed by atoms with Gasteiger partial charge >= 0.3 is 12.0 Å². The van der Waals surface area contributed by atoms with Gasteiger partial charge in [0, 0.05) is 11.6 Å². The number of carbonyl (C=O) groups is 2. The van der Waals surface area contributed by atoms with Crippen molar-refractivity contribution < 1.29 is 23.1 Å². The third-order valence-electron chi connectivity index (χ3n) is 4.16. The third-order valence-corrected chi connectivity index (χ3v) is 5.90. The van der Waals surface area contributed by atoms with E-state index in [4.69, 9.17) is 17.3 Å². The van der Waals surface area contributed by atoms with Crippen LogP contribution in [0.15, 0.2) is 53.4 Å². The molecule has 0 spiro atoms. The lowest BCUT2D eigenvalue weighted by Crippen LogP contribution is -2.40. The molecule has 29 heavy (non-hydrogen) atoms. The fourth-order valence-corrected chi connectivity index (χ4v) is 3.99. The monoisotopic (exact) mass is 439 g/mol. The van der Waals surface area contributed by atoms with Gasteiger partial charge in [0.2, 0.25) is 10.0 Å². The molecule has 0 radical (unpaired) electrons. The maximum absolute atomic E-state index is 12.6. The van der Waals surface area contributed by atoms with E-state index in [-0.39, 0.29) is 11.3 Å². The number of primary amides is 1. The predicted molar refractivity (Wildman–Crippen MR) is 110 cm³/mol. The number of hydrogen-bond acceptors (Lipinski definition) is 4. The number of carbonyl (C=O) groups excluding carboxylic acids is 1. The molecule has 8 nitrogen and oxygen atoms in total. The standard InChI is InChI=1S/C19H22ClN3O5S/c20-15-8-4-13(5-9-15)14-6-10-16(11-7-14)29(27,28)23-17(18(24)25)3-1-2-12-22-19(21)26/h4-11,17,23H,1-3,12H2,(H,24,25)(H3,21,22,26)/t17-/m0/s1. The van der Waals surface area contributed by atoms with Crippen molar-refractivity contribution in [2.75, 3.05) is 6.54 Å². The Balaban J connectivity index is 2.02. The minimum absolute atomic E-state index is 0.0307. The SMILES string of the molecule is NC(=O)NCCCC[C@H](NS(=O)(=O)c1ccc(-c2ccc(Cl)cc2)cc1)C(=O)O. The van der Waals surface area contributed by atoms with E-state index in [1.807, 2.05) is 12.1 Å². The molecule has 0 aliphatic heterocycles. The maximum atomic E-state index is 12.6. The van der Waals surface area contributed by atoms with Crippen molar-refractivity contribution >= 4 is 33.6 Å². The smallest absolute Gasteiger partial charge is 0.321 e. The van der Waals surface area contributed by atoms with Gasteiger partial charge in [-0.3, -0.25) is 4.79 Å². The number of urea groups is 1. The van der Waals surface area contributed by atoms with Gasteiger partial charge in [-0.1, -0.05) is 35.9 Å².